The van der Waals surface area contributed by atoms with Crippen LogP contribution in [0.2, 0.25) is 0 Å². The summed E-state index contributed by atoms with van der Waals surface area (Å²) in [5.41, 5.74) is 5.44. The fourth-order valence-electron chi connectivity index (χ4n) is 1.04. The molecule has 2 atom stereocenters. The summed E-state index contributed by atoms with van der Waals surface area (Å²) < 4.78 is 0.975. The first kappa shape index (κ1) is 13.0. The second kappa shape index (κ2) is 6.47. The summed E-state index contributed by atoms with van der Waals surface area (Å²) in [6.45, 7) is 1.99. The van der Waals surface area contributed by atoms with Gasteiger partial charge in [0.1, 0.15) is 0 Å². The zero-order valence-corrected chi connectivity index (χ0v) is 11.7. The van der Waals surface area contributed by atoms with Gasteiger partial charge in [-0.2, -0.15) is 0 Å². The van der Waals surface area contributed by atoms with Crippen molar-refractivity contribution in [3.63, 3.8) is 0 Å². The second-order valence-electron chi connectivity index (χ2n) is 2.61. The van der Waals surface area contributed by atoms with Crippen LogP contribution < -0.4 is 26.9 Å². The molecule has 0 saturated heterocycles. The van der Waals surface area contributed by atoms with Gasteiger partial charge in [0.25, 0.3) is 0 Å². The van der Waals surface area contributed by atoms with Crippen LogP contribution in [-0.2, 0) is 0 Å². The molecule has 12 heavy (non-hydrogen) atoms. The molecule has 0 aromatic rings. The fourth-order valence-corrected chi connectivity index (χ4v) is 4.00. The molecule has 0 saturated carbocycles. The minimum atomic E-state index is -0.469. The van der Waals surface area contributed by atoms with Crippen LogP contribution in [0.15, 0.2) is 5.18 Å². The molecular formula is C7H15I2N2O-. The monoisotopic (exact) mass is 397 g/mol. The zero-order chi connectivity index (χ0) is 9.61. The third kappa shape index (κ3) is 3.06. The van der Waals surface area contributed by atoms with Crippen LogP contribution >= 0.6 is 22.6 Å². The molecule has 0 aromatic carbocycles. The predicted octanol–water partition coefficient (Wildman–Crippen LogP) is -1.27. The molecule has 0 aliphatic heterocycles. The number of rotatable bonds is 6. The van der Waals surface area contributed by atoms with Crippen molar-refractivity contribution in [3.8, 4) is 0 Å². The summed E-state index contributed by atoms with van der Waals surface area (Å²) in [5, 5.41) is 3.25. The van der Waals surface area contributed by atoms with Gasteiger partial charge in [-0.25, -0.2) is 0 Å². The van der Waals surface area contributed by atoms with Crippen LogP contribution in [0.3, 0.4) is 0 Å². The van der Waals surface area contributed by atoms with Crippen molar-refractivity contribution in [2.75, 3.05) is 9.36 Å². The summed E-state index contributed by atoms with van der Waals surface area (Å²) in [4.78, 5) is 12.8. The molecule has 0 radical (unpaired) electrons. The van der Waals surface area contributed by atoms with Crippen molar-refractivity contribution in [2.45, 2.75) is 29.4 Å². The number of hydrogen-bond donors (Lipinski definition) is 1. The number of hydrogen-bond acceptors (Lipinski definition) is 3. The second-order valence-corrected chi connectivity index (χ2v) is 6.27. The Balaban J connectivity index is 4.43. The van der Waals surface area contributed by atoms with Gasteiger partial charge in [-0.1, -0.05) is 0 Å². The van der Waals surface area contributed by atoms with Gasteiger partial charge in [0.15, 0.2) is 0 Å². The van der Waals surface area contributed by atoms with Gasteiger partial charge < -0.3 is 0 Å². The average molecular weight is 397 g/mol. The van der Waals surface area contributed by atoms with E-state index in [-0.39, 0.29) is 25.3 Å². The van der Waals surface area contributed by atoms with E-state index >= 15 is 0 Å². The Morgan fingerprint density at radius 1 is 1.75 bits per heavy atom. The third-order valence-corrected chi connectivity index (χ3v) is 5.11. The van der Waals surface area contributed by atoms with Crippen molar-refractivity contribution in [1.82, 2.24) is 0 Å². The zero-order valence-electron chi connectivity index (χ0n) is 7.39. The van der Waals surface area contributed by atoms with E-state index in [4.69, 9.17) is 5.73 Å². The predicted molar refractivity (Wildman–Crippen MR) is 56.2 cm³/mol. The van der Waals surface area contributed by atoms with E-state index < -0.39 is 5.54 Å². The molecule has 0 bridgehead atoms. The van der Waals surface area contributed by atoms with E-state index in [2.05, 4.69) is 32.7 Å². The third-order valence-electron chi connectivity index (χ3n) is 2.07. The number of halogens is 2. The van der Waals surface area contributed by atoms with Crippen LogP contribution in [0.5, 0.6) is 0 Å². The molecular weight excluding hydrogens is 382 g/mol. The molecule has 0 aromatic heterocycles. The summed E-state index contributed by atoms with van der Waals surface area (Å²) in [6.07, 6.45) is 1.59. The van der Waals surface area contributed by atoms with Crippen molar-refractivity contribution in [3.05, 3.63) is 4.91 Å². The maximum absolute atomic E-state index is 10.7. The van der Waals surface area contributed by atoms with Gasteiger partial charge >= 0.3 is 98.3 Å². The number of nitroso groups, excluding NO2 is 1. The van der Waals surface area contributed by atoms with Gasteiger partial charge in [0.2, 0.25) is 0 Å². The summed E-state index contributed by atoms with van der Waals surface area (Å²) >= 11 is 2.18. The van der Waals surface area contributed by atoms with Gasteiger partial charge in [-0.15, -0.1) is 0 Å². The topological polar surface area (TPSA) is 55.5 Å². The number of nitrogens with two attached hydrogens (primary N) is 1. The van der Waals surface area contributed by atoms with E-state index in [0.717, 1.165) is 17.3 Å². The van der Waals surface area contributed by atoms with Crippen LogP contribution in [0, 0.1) is 4.91 Å². The Kier molecular flexibility index (Phi) is 7.02. The van der Waals surface area contributed by atoms with Crippen molar-refractivity contribution in [1.29, 1.82) is 0 Å². The molecule has 2 N–H and O–H groups in total. The average Bonchev–Trinajstić information content (AvgIpc) is 2.13. The van der Waals surface area contributed by atoms with E-state index in [1.807, 2.05) is 6.92 Å². The van der Waals surface area contributed by atoms with Crippen molar-refractivity contribution >= 4 is 22.6 Å². The van der Waals surface area contributed by atoms with E-state index in [0.29, 0.717) is 0 Å². The first-order valence-corrected chi connectivity index (χ1v) is 8.73. The van der Waals surface area contributed by atoms with Crippen LogP contribution in [-0.4, -0.2) is 18.9 Å². The fraction of sp³-hybridized carbons (Fsp3) is 1.00. The van der Waals surface area contributed by atoms with Gasteiger partial charge in [0, 0.05) is 0 Å². The molecule has 0 rings (SSSR count). The summed E-state index contributed by atoms with van der Waals surface area (Å²) in [5.74, 6) is 0. The maximum atomic E-state index is 10.7. The molecule has 5 heteroatoms. The molecule has 0 aliphatic rings. The molecule has 0 spiro atoms. The van der Waals surface area contributed by atoms with Gasteiger partial charge in [-0.05, 0) is 0 Å². The minimum absolute atomic E-state index is 0.0218. The first-order valence-electron chi connectivity index (χ1n) is 3.81. The van der Waals surface area contributed by atoms with E-state index in [1.165, 1.54) is 0 Å². The van der Waals surface area contributed by atoms with Crippen LogP contribution in [0.25, 0.3) is 0 Å². The molecule has 2 unspecified atom stereocenters. The number of nitrogens with zero attached hydrogens (tertiary/aromatic N) is 1. The van der Waals surface area contributed by atoms with Crippen molar-refractivity contribution in [2.24, 2.45) is 10.9 Å². The van der Waals surface area contributed by atoms with Crippen molar-refractivity contribution < 1.29 is 21.2 Å². The van der Waals surface area contributed by atoms with Gasteiger partial charge in [-0.3, -0.25) is 0 Å². The summed E-state index contributed by atoms with van der Waals surface area (Å²) in [7, 11) is 0. The number of alkyl halides is 3. The Bertz CT molecular complexity index is 145. The summed E-state index contributed by atoms with van der Waals surface area (Å²) in [6, 6.07) is 0. The van der Waals surface area contributed by atoms with Crippen LogP contribution in [0.1, 0.15) is 19.8 Å². The normalized spacial score (nSPS) is 18.7. The molecule has 3 nitrogen and oxygen atoms in total. The quantitative estimate of drug-likeness (QED) is 0.263. The Labute approximate surface area is 97.6 Å². The van der Waals surface area contributed by atoms with Crippen LogP contribution in [0.4, 0.5) is 0 Å². The SMILES string of the molecule is CCC(CCI)(N=O)C(N)[I-]C. The van der Waals surface area contributed by atoms with E-state index in [1.54, 1.807) is 0 Å². The van der Waals surface area contributed by atoms with E-state index in [9.17, 15) is 4.91 Å². The molecule has 0 amide bonds. The molecule has 0 heterocycles. The molecule has 0 fully saturated rings. The standard InChI is InChI=1S/C7H15I2N2O/c1-3-7(11-12,4-5-8)6(10)9-2/h6H,3-5,10H2,1-2H3/q-1. The molecule has 0 aliphatic carbocycles. The Morgan fingerprint density at radius 3 is 2.58 bits per heavy atom. The Morgan fingerprint density at radius 2 is 2.33 bits per heavy atom. The molecule has 74 valence electrons. The first-order chi connectivity index (χ1) is 5.66. The Hall–Kier alpha value is 1.02. The van der Waals surface area contributed by atoms with Gasteiger partial charge in [0.05, 0.1) is 0 Å².